The Morgan fingerprint density at radius 2 is 2.03 bits per heavy atom. The van der Waals surface area contributed by atoms with E-state index >= 15 is 0 Å². The summed E-state index contributed by atoms with van der Waals surface area (Å²) in [5, 5.41) is 22.0. The maximum atomic E-state index is 12.3. The Bertz CT molecular complexity index is 1220. The van der Waals surface area contributed by atoms with Crippen molar-refractivity contribution in [1.29, 1.82) is 0 Å². The van der Waals surface area contributed by atoms with Crippen LogP contribution in [0.5, 0.6) is 5.75 Å². The molecule has 10 nitrogen and oxygen atoms in total. The van der Waals surface area contributed by atoms with Crippen LogP contribution in [0.1, 0.15) is 10.4 Å². The van der Waals surface area contributed by atoms with Gasteiger partial charge in [-0.2, -0.15) is 5.10 Å². The van der Waals surface area contributed by atoms with Gasteiger partial charge in [0.05, 0.1) is 40.5 Å². The van der Waals surface area contributed by atoms with E-state index in [1.165, 1.54) is 25.6 Å². The minimum Gasteiger partial charge on any atom is -0.495 e. The molecule has 0 fully saturated rings. The number of aromatic amines is 1. The largest absolute Gasteiger partial charge is 0.495 e. The Balaban J connectivity index is 1.55. The molecule has 4 aromatic rings. The second-order valence-electron chi connectivity index (χ2n) is 5.80. The fourth-order valence-corrected chi connectivity index (χ4v) is 3.45. The summed E-state index contributed by atoms with van der Waals surface area (Å²) in [6.45, 7) is 0. The van der Waals surface area contributed by atoms with Gasteiger partial charge in [-0.15, -0.1) is 0 Å². The van der Waals surface area contributed by atoms with Crippen LogP contribution in [-0.4, -0.2) is 44.4 Å². The minimum atomic E-state index is -1.08. The molecule has 1 aromatic carbocycles. The van der Waals surface area contributed by atoms with E-state index in [-0.39, 0.29) is 5.56 Å². The zero-order valence-electron chi connectivity index (χ0n) is 15.0. The van der Waals surface area contributed by atoms with Crippen LogP contribution < -0.4 is 15.4 Å². The van der Waals surface area contributed by atoms with Gasteiger partial charge in [-0.05, 0) is 18.2 Å². The summed E-state index contributed by atoms with van der Waals surface area (Å²) in [5.41, 5.74) is 1.36. The summed E-state index contributed by atoms with van der Waals surface area (Å²) in [4.78, 5) is 32.9. The van der Waals surface area contributed by atoms with Gasteiger partial charge in [0.2, 0.25) is 0 Å². The fraction of sp³-hybridized carbons (Fsp3) is 0.0556. The highest BCUT2D eigenvalue weighted by Gasteiger charge is 2.16. The number of carboxylic acids is 1. The molecule has 0 atom stereocenters. The first-order chi connectivity index (χ1) is 14.0. The van der Waals surface area contributed by atoms with Crippen LogP contribution in [0.2, 0.25) is 0 Å². The number of urea groups is 1. The monoisotopic (exact) mass is 410 g/mol. The second kappa shape index (κ2) is 7.56. The summed E-state index contributed by atoms with van der Waals surface area (Å²) in [5.74, 6) is -0.556. The van der Waals surface area contributed by atoms with Crippen LogP contribution in [0, 0.1) is 0 Å². The number of fused-ring (bicyclic) bond motifs is 1. The van der Waals surface area contributed by atoms with Crippen molar-refractivity contribution in [3.05, 3.63) is 48.3 Å². The van der Waals surface area contributed by atoms with E-state index in [9.17, 15) is 14.7 Å². The predicted molar refractivity (Wildman–Crippen MR) is 108 cm³/mol. The van der Waals surface area contributed by atoms with Crippen LogP contribution in [0.3, 0.4) is 0 Å². The van der Waals surface area contributed by atoms with Crippen molar-refractivity contribution in [2.45, 2.75) is 0 Å². The first kappa shape index (κ1) is 18.4. The Kier molecular flexibility index (Phi) is 4.79. The lowest BCUT2D eigenvalue weighted by molar-refractivity contribution is 0.0699. The van der Waals surface area contributed by atoms with E-state index in [1.807, 2.05) is 0 Å². The number of aromatic nitrogens is 4. The standard InChI is InChI=1S/C18H14N6O4S/c1-28-13-5-3-2-4-11(13)22-17(27)23-18-19-8-14(29-18)12-6-9(16(25)26)10-7-20-24-15(10)21-12/h2-8H,1H3,(H,25,26)(H,20,21,24)(H2,19,22,23,27). The number of anilines is 2. The van der Waals surface area contributed by atoms with Crippen molar-refractivity contribution in [2.24, 2.45) is 0 Å². The van der Waals surface area contributed by atoms with E-state index < -0.39 is 12.0 Å². The van der Waals surface area contributed by atoms with Crippen LogP contribution >= 0.6 is 11.3 Å². The van der Waals surface area contributed by atoms with Crippen molar-refractivity contribution >= 4 is 45.2 Å². The van der Waals surface area contributed by atoms with Gasteiger partial charge in [-0.1, -0.05) is 23.5 Å². The fourth-order valence-electron chi connectivity index (χ4n) is 2.68. The minimum absolute atomic E-state index is 0.0792. The van der Waals surface area contributed by atoms with E-state index in [0.29, 0.717) is 38.2 Å². The molecule has 0 bridgehead atoms. The average Bonchev–Trinajstić information content (AvgIpc) is 3.36. The first-order valence-electron chi connectivity index (χ1n) is 8.30. The molecule has 0 saturated heterocycles. The third-order valence-corrected chi connectivity index (χ3v) is 4.92. The van der Waals surface area contributed by atoms with Gasteiger partial charge in [0, 0.05) is 6.20 Å². The van der Waals surface area contributed by atoms with E-state index in [2.05, 4.69) is 30.8 Å². The molecular weight excluding hydrogens is 396 g/mol. The summed E-state index contributed by atoms with van der Waals surface area (Å²) < 4.78 is 5.20. The molecule has 0 radical (unpaired) electrons. The molecule has 0 spiro atoms. The number of benzene rings is 1. The van der Waals surface area contributed by atoms with E-state index in [0.717, 1.165) is 11.3 Å². The third-order valence-electron chi connectivity index (χ3n) is 3.99. The van der Waals surface area contributed by atoms with Crippen molar-refractivity contribution in [3.63, 3.8) is 0 Å². The summed E-state index contributed by atoms with van der Waals surface area (Å²) in [6.07, 6.45) is 2.93. The number of ether oxygens (including phenoxy) is 1. The van der Waals surface area contributed by atoms with Crippen LogP contribution in [-0.2, 0) is 0 Å². The second-order valence-corrected chi connectivity index (χ2v) is 6.83. The highest BCUT2D eigenvalue weighted by molar-refractivity contribution is 7.19. The quantitative estimate of drug-likeness (QED) is 0.395. The summed E-state index contributed by atoms with van der Waals surface area (Å²) in [7, 11) is 1.51. The molecule has 11 heteroatoms. The zero-order valence-corrected chi connectivity index (χ0v) is 15.8. The molecule has 0 unspecified atom stereocenters. The lowest BCUT2D eigenvalue weighted by Crippen LogP contribution is -2.19. The number of carbonyl (C=O) groups is 2. The molecule has 4 N–H and O–H groups in total. The molecule has 0 aliphatic rings. The normalized spacial score (nSPS) is 10.7. The predicted octanol–water partition coefficient (Wildman–Crippen LogP) is 3.43. The number of carboxylic acid groups (broad SMARTS) is 1. The number of methoxy groups -OCH3 is 1. The van der Waals surface area contributed by atoms with Gasteiger partial charge in [0.1, 0.15) is 5.75 Å². The molecule has 0 saturated carbocycles. The Labute approximate surface area is 167 Å². The van der Waals surface area contributed by atoms with Gasteiger partial charge in [0.25, 0.3) is 0 Å². The third kappa shape index (κ3) is 3.71. The molecule has 2 amide bonds. The Hall–Kier alpha value is -3.99. The number of rotatable bonds is 5. The van der Waals surface area contributed by atoms with Gasteiger partial charge < -0.3 is 15.2 Å². The summed E-state index contributed by atoms with van der Waals surface area (Å²) in [6, 6.07) is 7.98. The van der Waals surface area contributed by atoms with Crippen molar-refractivity contribution in [2.75, 3.05) is 17.7 Å². The average molecular weight is 410 g/mol. The number of pyridine rings is 1. The number of nitrogens with one attached hydrogen (secondary N) is 3. The molecule has 0 aliphatic carbocycles. The smallest absolute Gasteiger partial charge is 0.336 e. The number of hydrogen-bond acceptors (Lipinski definition) is 7. The molecule has 4 rings (SSSR count). The zero-order chi connectivity index (χ0) is 20.4. The van der Waals surface area contributed by atoms with Crippen LogP contribution in [0.15, 0.2) is 42.7 Å². The molecule has 29 heavy (non-hydrogen) atoms. The van der Waals surface area contributed by atoms with Crippen LogP contribution in [0.4, 0.5) is 15.6 Å². The van der Waals surface area contributed by atoms with Crippen LogP contribution in [0.25, 0.3) is 21.6 Å². The van der Waals surface area contributed by atoms with Gasteiger partial charge in [-0.25, -0.2) is 19.6 Å². The number of aromatic carboxylic acids is 1. The Morgan fingerprint density at radius 1 is 1.21 bits per heavy atom. The number of carbonyl (C=O) groups excluding carboxylic acids is 1. The molecule has 0 aliphatic heterocycles. The summed E-state index contributed by atoms with van der Waals surface area (Å²) >= 11 is 1.16. The lowest BCUT2D eigenvalue weighted by atomic mass is 10.1. The maximum absolute atomic E-state index is 12.3. The molecular formula is C18H14N6O4S. The first-order valence-corrected chi connectivity index (χ1v) is 9.11. The van der Waals surface area contributed by atoms with Gasteiger partial charge in [-0.3, -0.25) is 10.4 Å². The number of thiazole rings is 1. The maximum Gasteiger partial charge on any atom is 0.336 e. The lowest BCUT2D eigenvalue weighted by Gasteiger charge is -2.09. The molecule has 146 valence electrons. The molecule has 3 aromatic heterocycles. The number of hydrogen-bond donors (Lipinski definition) is 4. The van der Waals surface area contributed by atoms with Crippen molar-refractivity contribution in [3.8, 4) is 16.3 Å². The highest BCUT2D eigenvalue weighted by Crippen LogP contribution is 2.30. The van der Waals surface area contributed by atoms with Gasteiger partial charge in [0.15, 0.2) is 10.8 Å². The number of amides is 2. The van der Waals surface area contributed by atoms with E-state index in [4.69, 9.17) is 4.74 Å². The Morgan fingerprint density at radius 3 is 2.83 bits per heavy atom. The van der Waals surface area contributed by atoms with Gasteiger partial charge >= 0.3 is 12.0 Å². The number of nitrogens with zero attached hydrogens (tertiary/aromatic N) is 3. The van der Waals surface area contributed by atoms with E-state index in [1.54, 1.807) is 24.3 Å². The molecule has 3 heterocycles. The van der Waals surface area contributed by atoms with Crippen molar-refractivity contribution in [1.82, 2.24) is 20.2 Å². The topological polar surface area (TPSA) is 142 Å². The highest BCUT2D eigenvalue weighted by atomic mass is 32.1. The van der Waals surface area contributed by atoms with Crippen molar-refractivity contribution < 1.29 is 19.4 Å². The number of H-pyrrole nitrogens is 1. The number of para-hydroxylation sites is 2. The SMILES string of the molecule is COc1ccccc1NC(=O)Nc1ncc(-c2cc(C(=O)O)c3cn[nH]c3n2)s1.